The molecule has 5 unspecified atom stereocenters. The Morgan fingerprint density at radius 1 is 1.16 bits per heavy atom. The first-order chi connectivity index (χ1) is 14.7. The number of esters is 1. The smallest absolute Gasteiger partial charge is 0.416 e. The van der Waals surface area contributed by atoms with Crippen molar-refractivity contribution in [3.8, 4) is 0 Å². The van der Waals surface area contributed by atoms with Crippen LogP contribution in [0, 0.1) is 23.7 Å². The van der Waals surface area contributed by atoms with E-state index in [0.29, 0.717) is 19.3 Å². The van der Waals surface area contributed by atoms with Gasteiger partial charge < -0.3 is 9.47 Å². The lowest BCUT2D eigenvalue weighted by atomic mass is 9.86. The number of ether oxygens (including phenoxy) is 2. The Balaban J connectivity index is 1.70. The van der Waals surface area contributed by atoms with E-state index in [1.54, 1.807) is 0 Å². The third-order valence-electron chi connectivity index (χ3n) is 6.38. The van der Waals surface area contributed by atoms with E-state index in [1.807, 2.05) is 58.0 Å². The Morgan fingerprint density at radius 3 is 2.42 bits per heavy atom. The number of imide groups is 1. The normalized spacial score (nSPS) is 25.6. The maximum Gasteiger partial charge on any atom is 0.416 e. The summed E-state index contributed by atoms with van der Waals surface area (Å²) < 4.78 is 10.8. The first-order valence-electron chi connectivity index (χ1n) is 11.1. The highest BCUT2D eigenvalue weighted by Gasteiger charge is 2.44. The van der Waals surface area contributed by atoms with Gasteiger partial charge in [-0.1, -0.05) is 74.0 Å². The minimum atomic E-state index is -0.574. The van der Waals surface area contributed by atoms with Crippen molar-refractivity contribution in [1.82, 2.24) is 4.90 Å². The fourth-order valence-electron chi connectivity index (χ4n) is 4.40. The summed E-state index contributed by atoms with van der Waals surface area (Å²) in [6.45, 7) is 8.20. The third-order valence-corrected chi connectivity index (χ3v) is 7.34. The van der Waals surface area contributed by atoms with Gasteiger partial charge in [0.2, 0.25) is 5.91 Å². The van der Waals surface area contributed by atoms with Crippen molar-refractivity contribution in [2.45, 2.75) is 63.9 Å². The Labute approximate surface area is 192 Å². The van der Waals surface area contributed by atoms with Crippen LogP contribution in [-0.4, -0.2) is 46.4 Å². The lowest BCUT2D eigenvalue weighted by molar-refractivity contribution is -0.145. The van der Waals surface area contributed by atoms with Crippen molar-refractivity contribution in [2.24, 2.45) is 23.7 Å². The molecule has 0 aromatic heterocycles. The number of hydrogen-bond acceptors (Lipinski definition) is 5. The fourth-order valence-corrected chi connectivity index (χ4v) is 5.12. The Bertz CT molecular complexity index is 796. The molecule has 0 radical (unpaired) electrons. The first-order valence-corrected chi connectivity index (χ1v) is 12.0. The molecule has 0 aliphatic carbocycles. The summed E-state index contributed by atoms with van der Waals surface area (Å²) in [6, 6.07) is 9.48. The van der Waals surface area contributed by atoms with E-state index in [9.17, 15) is 14.4 Å². The molecule has 2 amide bonds. The molecule has 2 fully saturated rings. The van der Waals surface area contributed by atoms with Gasteiger partial charge in [-0.15, -0.1) is 0 Å². The number of benzene rings is 1. The highest BCUT2D eigenvalue weighted by molar-refractivity contribution is 9.09. The molecule has 5 atom stereocenters. The van der Waals surface area contributed by atoms with E-state index in [4.69, 9.17) is 9.47 Å². The van der Waals surface area contributed by atoms with Gasteiger partial charge in [-0.25, -0.2) is 9.69 Å². The van der Waals surface area contributed by atoms with Crippen molar-refractivity contribution in [3.05, 3.63) is 35.9 Å². The Morgan fingerprint density at radius 2 is 1.84 bits per heavy atom. The molecule has 6 nitrogen and oxygen atoms in total. The number of hydrogen-bond donors (Lipinski definition) is 0. The lowest BCUT2D eigenvalue weighted by Crippen LogP contribution is -2.45. The zero-order chi connectivity index (χ0) is 22.7. The maximum atomic E-state index is 13.5. The van der Waals surface area contributed by atoms with Crippen LogP contribution in [0.5, 0.6) is 0 Å². The second-order valence-corrected chi connectivity index (χ2v) is 10.5. The van der Waals surface area contributed by atoms with Crippen molar-refractivity contribution >= 4 is 33.9 Å². The average molecular weight is 494 g/mol. The predicted molar refractivity (Wildman–Crippen MR) is 121 cm³/mol. The molecule has 0 bridgehead atoms. The van der Waals surface area contributed by atoms with Gasteiger partial charge in [0.05, 0.1) is 16.8 Å². The highest BCUT2D eigenvalue weighted by Crippen LogP contribution is 2.36. The molecule has 1 aromatic carbocycles. The van der Waals surface area contributed by atoms with Crippen LogP contribution in [0.1, 0.15) is 46.1 Å². The zero-order valence-corrected chi connectivity index (χ0v) is 20.2. The molecule has 2 saturated heterocycles. The van der Waals surface area contributed by atoms with Crippen LogP contribution in [0.4, 0.5) is 4.79 Å². The number of cyclic esters (lactones) is 2. The van der Waals surface area contributed by atoms with Gasteiger partial charge >= 0.3 is 12.1 Å². The zero-order valence-electron chi connectivity index (χ0n) is 18.6. The third kappa shape index (κ3) is 5.48. The summed E-state index contributed by atoms with van der Waals surface area (Å²) in [5.74, 6) is -0.628. The topological polar surface area (TPSA) is 72.9 Å². The summed E-state index contributed by atoms with van der Waals surface area (Å²) in [7, 11) is 0. The van der Waals surface area contributed by atoms with Gasteiger partial charge in [0, 0.05) is 5.92 Å². The molecule has 2 aliphatic heterocycles. The summed E-state index contributed by atoms with van der Waals surface area (Å²) >= 11 is 3.67. The van der Waals surface area contributed by atoms with Crippen molar-refractivity contribution < 1.29 is 23.9 Å². The summed E-state index contributed by atoms with van der Waals surface area (Å²) in [5.41, 5.74) is 1.06. The van der Waals surface area contributed by atoms with Crippen LogP contribution in [0.2, 0.25) is 0 Å². The quantitative estimate of drug-likeness (QED) is 0.391. The highest BCUT2D eigenvalue weighted by atomic mass is 79.9. The minimum Gasteiger partial charge on any atom is -0.461 e. The standard InChI is InChI=1S/C24H32BrNO5/c1-14(2)18(11-20(25)21-12-19(15(3)4)23(28)31-21)22(27)26-17(13-30-24(26)29)10-16-8-6-5-7-9-16/h5-9,14-15,17-21H,10-13H2,1-4H3. The van der Waals surface area contributed by atoms with Gasteiger partial charge in [-0.3, -0.25) is 9.59 Å². The molecule has 2 heterocycles. The molecule has 0 N–H and O–H groups in total. The maximum absolute atomic E-state index is 13.5. The van der Waals surface area contributed by atoms with Crippen LogP contribution >= 0.6 is 15.9 Å². The van der Waals surface area contributed by atoms with Gasteiger partial charge in [0.25, 0.3) is 0 Å². The van der Waals surface area contributed by atoms with E-state index < -0.39 is 6.09 Å². The van der Waals surface area contributed by atoms with E-state index in [0.717, 1.165) is 5.56 Å². The second kappa shape index (κ2) is 10.2. The van der Waals surface area contributed by atoms with E-state index in [2.05, 4.69) is 15.9 Å². The molecule has 170 valence electrons. The van der Waals surface area contributed by atoms with Crippen molar-refractivity contribution in [3.63, 3.8) is 0 Å². The van der Waals surface area contributed by atoms with Crippen molar-refractivity contribution in [2.75, 3.05) is 6.61 Å². The molecule has 0 spiro atoms. The van der Waals surface area contributed by atoms with Crippen LogP contribution in [0.15, 0.2) is 30.3 Å². The number of carbonyl (C=O) groups excluding carboxylic acids is 3. The van der Waals surface area contributed by atoms with Gasteiger partial charge in [0.15, 0.2) is 0 Å². The summed E-state index contributed by atoms with van der Waals surface area (Å²) in [4.78, 5) is 39.3. The molecule has 0 saturated carbocycles. The summed E-state index contributed by atoms with van der Waals surface area (Å²) in [5, 5.41) is 0. The fraction of sp³-hybridized carbons (Fsp3) is 0.625. The van der Waals surface area contributed by atoms with E-state index >= 15 is 0 Å². The average Bonchev–Trinajstić information content (AvgIpc) is 3.29. The minimum absolute atomic E-state index is 0.0244. The van der Waals surface area contributed by atoms with Gasteiger partial charge in [-0.2, -0.15) is 0 Å². The van der Waals surface area contributed by atoms with Crippen LogP contribution in [0.3, 0.4) is 0 Å². The SMILES string of the molecule is CC(C)C1CC(C(Br)CC(C(=O)N2C(=O)OCC2Cc2ccccc2)C(C)C)OC1=O. The molecular formula is C24H32BrNO5. The van der Waals surface area contributed by atoms with Gasteiger partial charge in [-0.05, 0) is 36.7 Å². The molecule has 31 heavy (non-hydrogen) atoms. The first kappa shape index (κ1) is 23.8. The Hall–Kier alpha value is -1.89. The number of carbonyl (C=O) groups is 3. The molecule has 1 aromatic rings. The predicted octanol–water partition coefficient (Wildman–Crippen LogP) is 4.59. The number of amides is 2. The molecule has 7 heteroatoms. The Kier molecular flexibility index (Phi) is 7.78. The second-order valence-electron chi connectivity index (χ2n) is 9.29. The number of halogens is 1. The molecule has 2 aliphatic rings. The van der Waals surface area contributed by atoms with Crippen molar-refractivity contribution in [1.29, 1.82) is 0 Å². The van der Waals surface area contributed by atoms with Crippen LogP contribution in [0.25, 0.3) is 0 Å². The van der Waals surface area contributed by atoms with Crippen LogP contribution < -0.4 is 0 Å². The summed E-state index contributed by atoms with van der Waals surface area (Å²) in [6.07, 6.45) is 0.862. The molecular weight excluding hydrogens is 462 g/mol. The number of alkyl halides is 1. The van der Waals surface area contributed by atoms with E-state index in [1.165, 1.54) is 4.90 Å². The number of rotatable bonds is 8. The largest absolute Gasteiger partial charge is 0.461 e. The monoisotopic (exact) mass is 493 g/mol. The van der Waals surface area contributed by atoms with Crippen LogP contribution in [-0.2, 0) is 25.5 Å². The van der Waals surface area contributed by atoms with Gasteiger partial charge in [0.1, 0.15) is 12.7 Å². The lowest BCUT2D eigenvalue weighted by Gasteiger charge is -2.29. The molecule has 3 rings (SSSR count). The van der Waals surface area contributed by atoms with E-state index in [-0.39, 0.29) is 59.1 Å². The number of nitrogens with zero attached hydrogens (tertiary/aromatic N) is 1.